The summed E-state index contributed by atoms with van der Waals surface area (Å²) in [6.07, 6.45) is 1.12. The molecule has 10 N–H and O–H groups in total. The summed E-state index contributed by atoms with van der Waals surface area (Å²) in [4.78, 5) is 54.0. The van der Waals surface area contributed by atoms with Crippen LogP contribution in [-0.2, 0) is 25.6 Å². The summed E-state index contributed by atoms with van der Waals surface area (Å²) in [5.74, 6) is -3.14. The quantitative estimate of drug-likeness (QED) is 0.0572. The van der Waals surface area contributed by atoms with Gasteiger partial charge in [-0.05, 0) is 30.7 Å². The van der Waals surface area contributed by atoms with E-state index in [1.807, 2.05) is 19.9 Å². The van der Waals surface area contributed by atoms with Crippen molar-refractivity contribution >= 4 is 42.3 Å². The molecule has 1 rings (SSSR count). The summed E-state index contributed by atoms with van der Waals surface area (Å²) in [5, 5.41) is 17.1. The maximum absolute atomic E-state index is 13.2. The van der Waals surface area contributed by atoms with Crippen LogP contribution in [0.4, 0.5) is 0 Å². The molecule has 0 saturated carbocycles. The van der Waals surface area contributed by atoms with Gasteiger partial charge in [-0.3, -0.25) is 19.4 Å². The number of rotatable bonds is 16. The van der Waals surface area contributed by atoms with Crippen molar-refractivity contribution in [2.75, 3.05) is 12.3 Å². The van der Waals surface area contributed by atoms with Crippen molar-refractivity contribution in [3.05, 3.63) is 35.9 Å². The molecular formula is C24H39N7O5S. The highest BCUT2D eigenvalue weighted by atomic mass is 32.1. The molecule has 0 radical (unpaired) electrons. The Balaban J connectivity index is 2.93. The zero-order chi connectivity index (χ0) is 28.0. The van der Waals surface area contributed by atoms with Gasteiger partial charge in [-0.15, -0.1) is 0 Å². The Morgan fingerprint density at radius 3 is 2.05 bits per heavy atom. The van der Waals surface area contributed by atoms with E-state index in [2.05, 4.69) is 33.6 Å². The number of amides is 3. The Hall–Kier alpha value is -3.32. The van der Waals surface area contributed by atoms with Crippen LogP contribution in [0.25, 0.3) is 0 Å². The number of nitrogens with zero attached hydrogens (tertiary/aromatic N) is 1. The van der Waals surface area contributed by atoms with Crippen molar-refractivity contribution in [1.29, 1.82) is 0 Å². The molecule has 0 aromatic heterocycles. The molecule has 1 aromatic rings. The maximum Gasteiger partial charge on any atom is 0.326 e. The number of nitrogens with two attached hydrogens (primary N) is 3. The van der Waals surface area contributed by atoms with Gasteiger partial charge in [0, 0.05) is 18.7 Å². The molecule has 4 atom stereocenters. The molecule has 206 valence electrons. The highest BCUT2D eigenvalue weighted by molar-refractivity contribution is 7.80. The molecule has 1 aromatic carbocycles. The van der Waals surface area contributed by atoms with E-state index in [9.17, 15) is 24.3 Å². The Morgan fingerprint density at radius 1 is 0.946 bits per heavy atom. The number of nitrogens with one attached hydrogen (secondary N) is 3. The lowest BCUT2D eigenvalue weighted by molar-refractivity contribution is -0.142. The van der Waals surface area contributed by atoms with Crippen LogP contribution in [0, 0.1) is 5.92 Å². The second-order valence-electron chi connectivity index (χ2n) is 9.08. The Kier molecular flexibility index (Phi) is 14.1. The largest absolute Gasteiger partial charge is 0.480 e. The summed E-state index contributed by atoms with van der Waals surface area (Å²) in [7, 11) is 0. The summed E-state index contributed by atoms with van der Waals surface area (Å²) in [6, 6.07) is 4.84. The van der Waals surface area contributed by atoms with Gasteiger partial charge in [0.1, 0.15) is 18.1 Å². The molecule has 0 saturated heterocycles. The second kappa shape index (κ2) is 16.4. The lowest BCUT2D eigenvalue weighted by Gasteiger charge is -2.25. The average Bonchev–Trinajstić information content (AvgIpc) is 2.83. The number of thiol groups is 1. The highest BCUT2D eigenvalue weighted by Crippen LogP contribution is 2.08. The van der Waals surface area contributed by atoms with E-state index in [4.69, 9.17) is 17.2 Å². The number of guanidine groups is 1. The van der Waals surface area contributed by atoms with Crippen LogP contribution >= 0.6 is 12.6 Å². The first-order chi connectivity index (χ1) is 17.4. The average molecular weight is 538 g/mol. The van der Waals surface area contributed by atoms with Crippen molar-refractivity contribution in [2.45, 2.75) is 63.7 Å². The number of carboxylic acids is 1. The predicted octanol–water partition coefficient (Wildman–Crippen LogP) is -0.875. The molecule has 4 unspecified atom stereocenters. The predicted molar refractivity (Wildman–Crippen MR) is 145 cm³/mol. The number of aliphatic imine (C=N–C) groups is 1. The van der Waals surface area contributed by atoms with Crippen molar-refractivity contribution in [2.24, 2.45) is 28.1 Å². The van der Waals surface area contributed by atoms with E-state index < -0.39 is 47.9 Å². The van der Waals surface area contributed by atoms with Crippen molar-refractivity contribution in [3.63, 3.8) is 0 Å². The second-order valence-corrected chi connectivity index (χ2v) is 9.44. The zero-order valence-electron chi connectivity index (χ0n) is 21.2. The minimum absolute atomic E-state index is 0.0274. The van der Waals surface area contributed by atoms with E-state index in [0.29, 0.717) is 13.0 Å². The van der Waals surface area contributed by atoms with Crippen LogP contribution in [0.15, 0.2) is 35.3 Å². The third-order valence-electron chi connectivity index (χ3n) is 5.36. The first kappa shape index (κ1) is 31.7. The van der Waals surface area contributed by atoms with Gasteiger partial charge in [-0.25, -0.2) is 4.79 Å². The summed E-state index contributed by atoms with van der Waals surface area (Å²) < 4.78 is 0. The molecule has 37 heavy (non-hydrogen) atoms. The fourth-order valence-electron chi connectivity index (χ4n) is 3.42. The highest BCUT2D eigenvalue weighted by Gasteiger charge is 2.30. The molecule has 0 spiro atoms. The molecule has 0 aliphatic carbocycles. The monoisotopic (exact) mass is 537 g/mol. The smallest absolute Gasteiger partial charge is 0.326 e. The number of carboxylic acid groups (broad SMARTS) is 1. The third kappa shape index (κ3) is 12.5. The zero-order valence-corrected chi connectivity index (χ0v) is 22.1. The molecule has 0 aliphatic heterocycles. The van der Waals surface area contributed by atoms with Crippen molar-refractivity contribution < 1.29 is 24.3 Å². The third-order valence-corrected chi connectivity index (χ3v) is 5.72. The van der Waals surface area contributed by atoms with Crippen molar-refractivity contribution in [1.82, 2.24) is 16.0 Å². The topological polar surface area (TPSA) is 215 Å². The van der Waals surface area contributed by atoms with E-state index in [0.717, 1.165) is 5.56 Å². The number of benzene rings is 1. The fourth-order valence-corrected chi connectivity index (χ4v) is 3.68. The summed E-state index contributed by atoms with van der Waals surface area (Å²) >= 11 is 4.15. The van der Waals surface area contributed by atoms with Crippen LogP contribution in [-0.4, -0.2) is 71.2 Å². The number of hydrogen-bond acceptors (Lipinski definition) is 7. The maximum atomic E-state index is 13.2. The van der Waals surface area contributed by atoms with E-state index in [1.165, 1.54) is 0 Å². The standard InChI is InChI=1S/C24H39N7O5S/c1-14(2)11-18(23(35)36)30-22(34)19(13-37)31-21(33)17(12-15-7-4-3-5-8-15)29-20(32)16(25)9-6-10-28-24(26)27/h3-5,7-8,14,16-19,37H,6,9-13,25H2,1-2H3,(H,29,32)(H,30,34)(H,31,33)(H,35,36)(H4,26,27,28). The van der Waals surface area contributed by atoms with Gasteiger partial charge in [0.15, 0.2) is 5.96 Å². The Bertz CT molecular complexity index is 925. The summed E-state index contributed by atoms with van der Waals surface area (Å²) in [5.41, 5.74) is 17.3. The van der Waals surface area contributed by atoms with E-state index >= 15 is 0 Å². The van der Waals surface area contributed by atoms with Gasteiger partial charge < -0.3 is 38.3 Å². The Labute approximate surface area is 222 Å². The van der Waals surface area contributed by atoms with Gasteiger partial charge in [0.2, 0.25) is 17.7 Å². The molecule has 0 bridgehead atoms. The molecule has 3 amide bonds. The van der Waals surface area contributed by atoms with Crippen LogP contribution in [0.5, 0.6) is 0 Å². The first-order valence-electron chi connectivity index (χ1n) is 12.0. The molecule has 0 fully saturated rings. The number of aliphatic carboxylic acids is 1. The van der Waals surface area contributed by atoms with Gasteiger partial charge in [0.25, 0.3) is 0 Å². The first-order valence-corrected chi connectivity index (χ1v) is 12.7. The van der Waals surface area contributed by atoms with Gasteiger partial charge in [0.05, 0.1) is 6.04 Å². The molecule has 12 nitrogen and oxygen atoms in total. The summed E-state index contributed by atoms with van der Waals surface area (Å²) in [6.45, 7) is 3.98. The van der Waals surface area contributed by atoms with Gasteiger partial charge >= 0.3 is 5.97 Å². The number of carbonyl (C=O) groups excluding carboxylic acids is 3. The minimum atomic E-state index is -1.17. The molecule has 0 heterocycles. The number of hydrogen-bond donors (Lipinski definition) is 8. The van der Waals surface area contributed by atoms with Crippen LogP contribution in [0.2, 0.25) is 0 Å². The normalized spacial score (nSPS) is 14.1. The van der Waals surface area contributed by atoms with Crippen LogP contribution < -0.4 is 33.2 Å². The SMILES string of the molecule is CC(C)CC(NC(=O)C(CS)NC(=O)C(Cc1ccccc1)NC(=O)C(N)CCCN=C(N)N)C(=O)O. The lowest BCUT2D eigenvalue weighted by Crippen LogP contribution is -2.58. The van der Waals surface area contributed by atoms with E-state index in [1.54, 1.807) is 24.3 Å². The fraction of sp³-hybridized carbons (Fsp3) is 0.542. The Morgan fingerprint density at radius 2 is 1.51 bits per heavy atom. The lowest BCUT2D eigenvalue weighted by atomic mass is 10.0. The van der Waals surface area contributed by atoms with Crippen molar-refractivity contribution in [3.8, 4) is 0 Å². The minimum Gasteiger partial charge on any atom is -0.480 e. The van der Waals surface area contributed by atoms with Gasteiger partial charge in [-0.1, -0.05) is 44.2 Å². The van der Waals surface area contributed by atoms with Crippen LogP contribution in [0.1, 0.15) is 38.7 Å². The molecule has 13 heteroatoms. The van der Waals surface area contributed by atoms with E-state index in [-0.39, 0.29) is 36.9 Å². The molecule has 0 aliphatic rings. The molecular weight excluding hydrogens is 498 g/mol. The number of carbonyl (C=O) groups is 4. The van der Waals surface area contributed by atoms with Crippen LogP contribution in [0.3, 0.4) is 0 Å². The van der Waals surface area contributed by atoms with Gasteiger partial charge in [-0.2, -0.15) is 12.6 Å².